The van der Waals surface area contributed by atoms with Gasteiger partial charge in [0.15, 0.2) is 5.78 Å². The van der Waals surface area contributed by atoms with Crippen LogP contribution in [-0.2, 0) is 11.2 Å². The molecule has 1 fully saturated rings. The van der Waals surface area contributed by atoms with Crippen LogP contribution in [0.25, 0.3) is 0 Å². The van der Waals surface area contributed by atoms with E-state index in [9.17, 15) is 4.79 Å². The van der Waals surface area contributed by atoms with E-state index in [1.807, 2.05) is 12.3 Å². The number of hydrogen-bond donors (Lipinski definition) is 0. The van der Waals surface area contributed by atoms with Gasteiger partial charge in [0.1, 0.15) is 5.01 Å². The number of likely N-dealkylation sites (tertiary alicyclic amines) is 1. The SMILES string of the molecule is Cc1csc(CC(=O)C(C)(C)N2CCCCCC2)n1. The van der Waals surface area contributed by atoms with Gasteiger partial charge in [-0.3, -0.25) is 9.69 Å². The van der Waals surface area contributed by atoms with Gasteiger partial charge in [0, 0.05) is 11.1 Å². The van der Waals surface area contributed by atoms with Crippen molar-refractivity contribution in [3.8, 4) is 0 Å². The molecule has 3 nitrogen and oxygen atoms in total. The largest absolute Gasteiger partial charge is 0.297 e. The lowest BCUT2D eigenvalue weighted by Crippen LogP contribution is -2.51. The zero-order valence-corrected chi connectivity index (χ0v) is 13.1. The van der Waals surface area contributed by atoms with Gasteiger partial charge < -0.3 is 0 Å². The second-order valence-corrected chi connectivity index (χ2v) is 6.89. The van der Waals surface area contributed by atoms with Gasteiger partial charge in [-0.1, -0.05) is 12.8 Å². The van der Waals surface area contributed by atoms with Crippen LogP contribution in [0.3, 0.4) is 0 Å². The first-order valence-corrected chi connectivity index (χ1v) is 8.07. The Labute approximate surface area is 120 Å². The molecule has 0 radical (unpaired) electrons. The third-order valence-corrected chi connectivity index (χ3v) is 5.02. The first-order chi connectivity index (χ1) is 9.00. The van der Waals surface area contributed by atoms with Crippen molar-refractivity contribution in [1.82, 2.24) is 9.88 Å². The monoisotopic (exact) mass is 280 g/mol. The second-order valence-electron chi connectivity index (χ2n) is 5.94. The van der Waals surface area contributed by atoms with Gasteiger partial charge in [-0.2, -0.15) is 0 Å². The Kier molecular flexibility index (Phi) is 4.74. The van der Waals surface area contributed by atoms with Gasteiger partial charge >= 0.3 is 0 Å². The Morgan fingerprint density at radius 1 is 1.32 bits per heavy atom. The molecule has 1 aromatic heterocycles. The molecule has 2 heterocycles. The van der Waals surface area contributed by atoms with E-state index < -0.39 is 0 Å². The number of ketones is 1. The number of rotatable bonds is 4. The number of carbonyl (C=O) groups excluding carboxylic acids is 1. The number of hydrogen-bond acceptors (Lipinski definition) is 4. The van der Waals surface area contributed by atoms with E-state index in [-0.39, 0.29) is 5.54 Å². The highest BCUT2D eigenvalue weighted by atomic mass is 32.1. The summed E-state index contributed by atoms with van der Waals surface area (Å²) in [5.41, 5.74) is 0.657. The van der Waals surface area contributed by atoms with Crippen LogP contribution in [0.15, 0.2) is 5.38 Å². The lowest BCUT2D eigenvalue weighted by Gasteiger charge is -2.36. The fourth-order valence-electron chi connectivity index (χ4n) is 2.64. The number of Topliss-reactive ketones (excluding diaryl/α,β-unsaturated/α-hetero) is 1. The Morgan fingerprint density at radius 3 is 2.47 bits per heavy atom. The lowest BCUT2D eigenvalue weighted by molar-refractivity contribution is -0.128. The highest BCUT2D eigenvalue weighted by Crippen LogP contribution is 2.23. The summed E-state index contributed by atoms with van der Waals surface area (Å²) in [4.78, 5) is 19.4. The molecule has 19 heavy (non-hydrogen) atoms. The van der Waals surface area contributed by atoms with Crippen molar-refractivity contribution in [2.24, 2.45) is 0 Å². The van der Waals surface area contributed by atoms with Crippen LogP contribution in [0.2, 0.25) is 0 Å². The van der Waals surface area contributed by atoms with Crippen molar-refractivity contribution in [3.63, 3.8) is 0 Å². The fraction of sp³-hybridized carbons (Fsp3) is 0.733. The molecule has 4 heteroatoms. The summed E-state index contributed by atoms with van der Waals surface area (Å²) in [6.45, 7) is 8.22. The summed E-state index contributed by atoms with van der Waals surface area (Å²) in [5.74, 6) is 0.295. The van der Waals surface area contributed by atoms with Gasteiger partial charge in [0.2, 0.25) is 0 Å². The maximum Gasteiger partial charge on any atom is 0.159 e. The Bertz CT molecular complexity index is 431. The minimum Gasteiger partial charge on any atom is -0.297 e. The van der Waals surface area contributed by atoms with Crippen LogP contribution in [0.1, 0.15) is 50.2 Å². The van der Waals surface area contributed by atoms with E-state index in [2.05, 4.69) is 23.7 Å². The molecule has 0 atom stereocenters. The van der Waals surface area contributed by atoms with Gasteiger partial charge in [0.25, 0.3) is 0 Å². The molecule has 2 rings (SSSR count). The van der Waals surface area contributed by atoms with Gasteiger partial charge in [-0.05, 0) is 46.7 Å². The van der Waals surface area contributed by atoms with Crippen LogP contribution in [0.4, 0.5) is 0 Å². The number of aryl methyl sites for hydroxylation is 1. The first kappa shape index (κ1) is 14.7. The first-order valence-electron chi connectivity index (χ1n) is 7.19. The molecule has 1 aromatic rings. The summed E-state index contributed by atoms with van der Waals surface area (Å²) >= 11 is 1.59. The minimum atomic E-state index is -0.357. The van der Waals surface area contributed by atoms with Gasteiger partial charge in [0.05, 0.1) is 12.0 Å². The molecule has 1 aliphatic rings. The van der Waals surface area contributed by atoms with Crippen molar-refractivity contribution in [2.75, 3.05) is 13.1 Å². The second kappa shape index (κ2) is 6.14. The Balaban J connectivity index is 2.02. The highest BCUT2D eigenvalue weighted by molar-refractivity contribution is 7.09. The smallest absolute Gasteiger partial charge is 0.159 e. The van der Waals surface area contributed by atoms with Gasteiger partial charge in [-0.15, -0.1) is 11.3 Å². The molecular formula is C15H24N2OS. The Morgan fingerprint density at radius 2 is 1.95 bits per heavy atom. The van der Waals surface area contributed by atoms with E-state index in [1.165, 1.54) is 25.7 Å². The average Bonchev–Trinajstić information content (AvgIpc) is 2.63. The van der Waals surface area contributed by atoms with E-state index in [1.54, 1.807) is 11.3 Å². The summed E-state index contributed by atoms with van der Waals surface area (Å²) in [7, 11) is 0. The quantitative estimate of drug-likeness (QED) is 0.849. The van der Waals surface area contributed by atoms with Crippen LogP contribution in [0, 0.1) is 6.92 Å². The van der Waals surface area contributed by atoms with Crippen molar-refractivity contribution >= 4 is 17.1 Å². The number of aromatic nitrogens is 1. The van der Waals surface area contributed by atoms with Crippen molar-refractivity contribution < 1.29 is 4.79 Å². The van der Waals surface area contributed by atoms with E-state index in [4.69, 9.17) is 0 Å². The van der Waals surface area contributed by atoms with Crippen molar-refractivity contribution in [2.45, 2.75) is 58.4 Å². The fourth-order valence-corrected chi connectivity index (χ4v) is 3.41. The van der Waals surface area contributed by atoms with Crippen LogP contribution in [-0.4, -0.2) is 34.3 Å². The lowest BCUT2D eigenvalue weighted by atomic mass is 9.94. The zero-order valence-electron chi connectivity index (χ0n) is 12.2. The normalized spacial score (nSPS) is 18.3. The maximum atomic E-state index is 12.6. The molecule has 0 spiro atoms. The molecule has 0 aliphatic carbocycles. The molecule has 0 saturated carbocycles. The summed E-state index contributed by atoms with van der Waals surface area (Å²) in [5, 5.41) is 2.96. The summed E-state index contributed by atoms with van der Waals surface area (Å²) < 4.78 is 0. The van der Waals surface area contributed by atoms with Crippen molar-refractivity contribution in [1.29, 1.82) is 0 Å². The predicted molar refractivity (Wildman–Crippen MR) is 79.7 cm³/mol. The molecular weight excluding hydrogens is 256 g/mol. The van der Waals surface area contributed by atoms with E-state index in [0.29, 0.717) is 12.2 Å². The van der Waals surface area contributed by atoms with Gasteiger partial charge in [-0.25, -0.2) is 4.98 Å². The maximum absolute atomic E-state index is 12.6. The van der Waals surface area contributed by atoms with Crippen LogP contribution >= 0.6 is 11.3 Å². The molecule has 0 N–H and O–H groups in total. The summed E-state index contributed by atoms with van der Waals surface area (Å²) in [6, 6.07) is 0. The molecule has 0 amide bonds. The Hall–Kier alpha value is -0.740. The van der Waals surface area contributed by atoms with E-state index in [0.717, 1.165) is 23.8 Å². The third-order valence-electron chi connectivity index (χ3n) is 4.06. The molecule has 1 aliphatic heterocycles. The zero-order chi connectivity index (χ0) is 13.9. The number of carbonyl (C=O) groups is 1. The summed E-state index contributed by atoms with van der Waals surface area (Å²) in [6.07, 6.45) is 5.50. The third kappa shape index (κ3) is 3.63. The molecule has 1 saturated heterocycles. The molecule has 106 valence electrons. The number of thiazole rings is 1. The minimum absolute atomic E-state index is 0.295. The van der Waals surface area contributed by atoms with Crippen LogP contribution in [0.5, 0.6) is 0 Å². The molecule has 0 aromatic carbocycles. The molecule has 0 bridgehead atoms. The predicted octanol–water partition coefficient (Wildman–Crippen LogP) is 3.22. The molecule has 0 unspecified atom stereocenters. The topological polar surface area (TPSA) is 33.2 Å². The highest BCUT2D eigenvalue weighted by Gasteiger charge is 2.34. The number of nitrogens with zero attached hydrogens (tertiary/aromatic N) is 2. The van der Waals surface area contributed by atoms with E-state index >= 15 is 0 Å². The van der Waals surface area contributed by atoms with Crippen LogP contribution < -0.4 is 0 Å². The van der Waals surface area contributed by atoms with Crippen molar-refractivity contribution in [3.05, 3.63) is 16.1 Å². The standard InChI is InChI=1S/C15H24N2OS/c1-12-11-19-14(16-12)10-13(18)15(2,3)17-8-6-4-5-7-9-17/h11H,4-10H2,1-3H3. The average molecular weight is 280 g/mol.